The molecule has 0 saturated carbocycles. The van der Waals surface area contributed by atoms with E-state index in [9.17, 15) is 9.59 Å². The maximum Gasteiger partial charge on any atom is 0.365 e. The molecule has 0 aromatic heterocycles. The van der Waals surface area contributed by atoms with Crippen LogP contribution in [-0.4, -0.2) is 36.2 Å². The second-order valence-electron chi connectivity index (χ2n) is 3.87. The largest absolute Gasteiger partial charge is 0.461 e. The summed E-state index contributed by atoms with van der Waals surface area (Å²) in [7, 11) is 0. The lowest BCUT2D eigenvalue weighted by atomic mass is 10.2. The first-order chi connectivity index (χ1) is 7.57. The molecule has 0 aromatic carbocycles. The van der Waals surface area contributed by atoms with Gasteiger partial charge >= 0.3 is 11.9 Å². The minimum atomic E-state index is -0.463. The van der Waals surface area contributed by atoms with E-state index in [2.05, 4.69) is 0 Å². The molecule has 16 heavy (non-hydrogen) atoms. The predicted molar refractivity (Wildman–Crippen MR) is 58.6 cm³/mol. The van der Waals surface area contributed by atoms with Crippen molar-refractivity contribution in [1.29, 1.82) is 0 Å². The Kier molecular flexibility index (Phi) is 8.75. The molecule has 0 rings (SSSR count). The minimum absolute atomic E-state index is 0.118. The Hall–Kier alpha value is -0.940. The highest BCUT2D eigenvalue weighted by Gasteiger charge is 2.19. The SMILES string of the molecule is CC(=O)[NH2+]C(C)C(=O)OCCCCCCO. The molecular formula is C11H22NO4+. The van der Waals surface area contributed by atoms with Gasteiger partial charge in [0.05, 0.1) is 13.5 Å². The first-order valence-corrected chi connectivity index (χ1v) is 5.71. The number of unbranched alkanes of at least 4 members (excludes halogenated alkanes) is 3. The van der Waals surface area contributed by atoms with Gasteiger partial charge in [-0.15, -0.1) is 0 Å². The number of esters is 1. The van der Waals surface area contributed by atoms with Crippen LogP contribution < -0.4 is 5.32 Å². The average Bonchev–Trinajstić information content (AvgIpc) is 2.21. The zero-order valence-corrected chi connectivity index (χ0v) is 10.1. The van der Waals surface area contributed by atoms with Crippen LogP contribution in [0.1, 0.15) is 39.5 Å². The molecule has 3 N–H and O–H groups in total. The van der Waals surface area contributed by atoms with Crippen molar-refractivity contribution >= 4 is 11.9 Å². The molecule has 5 heteroatoms. The quantitative estimate of drug-likeness (QED) is 0.440. The van der Waals surface area contributed by atoms with Gasteiger partial charge in [0.1, 0.15) is 0 Å². The van der Waals surface area contributed by atoms with Gasteiger partial charge in [-0.1, -0.05) is 6.42 Å². The second kappa shape index (κ2) is 9.30. The molecule has 1 atom stereocenters. The standard InChI is InChI=1S/C11H21NO4/c1-9(12-10(2)14)11(15)16-8-6-4-3-5-7-13/h9,13H,3-8H2,1-2H3,(H,12,14)/p+1. The van der Waals surface area contributed by atoms with Gasteiger partial charge in [-0.3, -0.25) is 5.32 Å². The number of carbonyl (C=O) groups excluding carboxylic acids is 2. The van der Waals surface area contributed by atoms with E-state index in [1.165, 1.54) is 12.2 Å². The number of nitrogens with two attached hydrogens (primary N) is 1. The lowest BCUT2D eigenvalue weighted by Gasteiger charge is -2.08. The van der Waals surface area contributed by atoms with Crippen molar-refractivity contribution < 1.29 is 24.7 Å². The highest BCUT2D eigenvalue weighted by atomic mass is 16.5. The fourth-order valence-corrected chi connectivity index (χ4v) is 1.29. The van der Waals surface area contributed by atoms with E-state index in [4.69, 9.17) is 9.84 Å². The molecule has 1 unspecified atom stereocenters. The number of ether oxygens (including phenoxy) is 1. The first-order valence-electron chi connectivity index (χ1n) is 5.71. The van der Waals surface area contributed by atoms with Crippen molar-refractivity contribution in [1.82, 2.24) is 0 Å². The Balaban J connectivity index is 3.46. The highest BCUT2D eigenvalue weighted by Crippen LogP contribution is 1.99. The van der Waals surface area contributed by atoms with Gasteiger partial charge in [0, 0.05) is 6.61 Å². The third-order valence-electron chi connectivity index (χ3n) is 2.15. The van der Waals surface area contributed by atoms with Crippen LogP contribution in [0.4, 0.5) is 0 Å². The Labute approximate surface area is 96.2 Å². The van der Waals surface area contributed by atoms with Crippen molar-refractivity contribution in [3.8, 4) is 0 Å². The normalized spacial score (nSPS) is 12.2. The van der Waals surface area contributed by atoms with E-state index in [0.717, 1.165) is 25.7 Å². The number of hydrogen-bond donors (Lipinski definition) is 2. The number of amides is 1. The van der Waals surface area contributed by atoms with E-state index >= 15 is 0 Å². The molecule has 1 amide bonds. The summed E-state index contributed by atoms with van der Waals surface area (Å²) in [6.07, 6.45) is 3.49. The number of quaternary nitrogens is 1. The van der Waals surface area contributed by atoms with Gasteiger partial charge in [-0.2, -0.15) is 0 Å². The summed E-state index contributed by atoms with van der Waals surface area (Å²) in [6.45, 7) is 3.67. The fraction of sp³-hybridized carbons (Fsp3) is 0.818. The van der Waals surface area contributed by atoms with E-state index in [0.29, 0.717) is 6.61 Å². The van der Waals surface area contributed by atoms with Crippen molar-refractivity contribution in [3.63, 3.8) is 0 Å². The zero-order chi connectivity index (χ0) is 12.4. The summed E-state index contributed by atoms with van der Waals surface area (Å²) >= 11 is 0. The molecule has 94 valence electrons. The van der Waals surface area contributed by atoms with E-state index in [-0.39, 0.29) is 18.5 Å². The predicted octanol–water partition coefficient (Wildman–Crippen LogP) is -0.419. The molecule has 0 bridgehead atoms. The van der Waals surface area contributed by atoms with Crippen LogP contribution in [0.3, 0.4) is 0 Å². The summed E-state index contributed by atoms with van der Waals surface area (Å²) in [4.78, 5) is 22.0. The molecule has 0 fully saturated rings. The molecular weight excluding hydrogens is 210 g/mol. The summed E-state index contributed by atoms with van der Waals surface area (Å²) in [5, 5.41) is 9.90. The van der Waals surface area contributed by atoms with E-state index < -0.39 is 6.04 Å². The molecule has 0 aliphatic carbocycles. The van der Waals surface area contributed by atoms with Crippen LogP contribution in [0.2, 0.25) is 0 Å². The fourth-order valence-electron chi connectivity index (χ4n) is 1.29. The molecule has 0 spiro atoms. The monoisotopic (exact) mass is 232 g/mol. The Morgan fingerprint density at radius 3 is 2.44 bits per heavy atom. The number of primary amides is 1. The van der Waals surface area contributed by atoms with Gasteiger partial charge < -0.3 is 9.84 Å². The van der Waals surface area contributed by atoms with Gasteiger partial charge in [0.25, 0.3) is 0 Å². The topological polar surface area (TPSA) is 80.2 Å². The molecule has 0 aromatic rings. The maximum atomic E-state index is 11.3. The first kappa shape index (κ1) is 15.1. The van der Waals surface area contributed by atoms with Crippen LogP contribution in [-0.2, 0) is 14.3 Å². The molecule has 0 aliphatic heterocycles. The van der Waals surface area contributed by atoms with E-state index in [1.54, 1.807) is 6.92 Å². The number of aliphatic hydroxyl groups excluding tert-OH is 1. The van der Waals surface area contributed by atoms with Crippen molar-refractivity contribution in [2.24, 2.45) is 0 Å². The summed E-state index contributed by atoms with van der Waals surface area (Å²) in [5.41, 5.74) is 0. The lowest BCUT2D eigenvalue weighted by molar-refractivity contribution is -0.589. The summed E-state index contributed by atoms with van der Waals surface area (Å²) < 4.78 is 5.00. The molecule has 0 radical (unpaired) electrons. The minimum Gasteiger partial charge on any atom is -0.461 e. The summed E-state index contributed by atoms with van der Waals surface area (Å²) in [6, 6.07) is -0.463. The molecule has 0 heterocycles. The Morgan fingerprint density at radius 1 is 1.25 bits per heavy atom. The smallest absolute Gasteiger partial charge is 0.365 e. The van der Waals surface area contributed by atoms with Gasteiger partial charge in [0.2, 0.25) is 0 Å². The Bertz CT molecular complexity index is 218. The highest BCUT2D eigenvalue weighted by molar-refractivity contribution is 5.75. The van der Waals surface area contributed by atoms with Crippen molar-refractivity contribution in [2.45, 2.75) is 45.6 Å². The van der Waals surface area contributed by atoms with Gasteiger partial charge in [-0.05, 0) is 26.2 Å². The van der Waals surface area contributed by atoms with Gasteiger partial charge in [-0.25, -0.2) is 9.59 Å². The van der Waals surface area contributed by atoms with Crippen LogP contribution in [0, 0.1) is 0 Å². The van der Waals surface area contributed by atoms with Crippen LogP contribution in [0.25, 0.3) is 0 Å². The third-order valence-corrected chi connectivity index (χ3v) is 2.15. The van der Waals surface area contributed by atoms with Gasteiger partial charge in [0.15, 0.2) is 6.04 Å². The van der Waals surface area contributed by atoms with Crippen LogP contribution in [0.15, 0.2) is 0 Å². The van der Waals surface area contributed by atoms with E-state index in [1.807, 2.05) is 0 Å². The number of hydrogen-bond acceptors (Lipinski definition) is 4. The molecule has 0 aliphatic rings. The number of carbonyl (C=O) groups is 2. The average molecular weight is 232 g/mol. The maximum absolute atomic E-state index is 11.3. The third kappa shape index (κ3) is 8.38. The molecule has 5 nitrogen and oxygen atoms in total. The summed E-state index contributed by atoms with van der Waals surface area (Å²) in [5.74, 6) is -0.468. The van der Waals surface area contributed by atoms with Crippen molar-refractivity contribution in [3.05, 3.63) is 0 Å². The van der Waals surface area contributed by atoms with Crippen LogP contribution >= 0.6 is 0 Å². The number of rotatable bonds is 8. The second-order valence-corrected chi connectivity index (χ2v) is 3.87. The zero-order valence-electron chi connectivity index (χ0n) is 10.1. The molecule has 0 saturated heterocycles. The van der Waals surface area contributed by atoms with Crippen molar-refractivity contribution in [2.75, 3.05) is 13.2 Å². The Morgan fingerprint density at radius 2 is 1.88 bits per heavy atom. The number of aliphatic hydroxyl groups is 1. The van der Waals surface area contributed by atoms with Crippen LogP contribution in [0.5, 0.6) is 0 Å². The lowest BCUT2D eigenvalue weighted by Crippen LogP contribution is -2.93.